The number of likely N-dealkylation sites (tertiary alicyclic amines) is 1. The number of unbranched alkanes of at least 4 members (excludes halogenated alkanes) is 1. The van der Waals surface area contributed by atoms with Gasteiger partial charge in [0.2, 0.25) is 11.8 Å². The fraction of sp³-hybridized carbons (Fsp3) is 0.833. The van der Waals surface area contributed by atoms with E-state index in [4.69, 9.17) is 11.6 Å². The third-order valence-electron chi connectivity index (χ3n) is 3.70. The molecule has 0 aromatic heterocycles. The molecule has 2 saturated heterocycles. The Morgan fingerprint density at radius 2 is 2.29 bits per heavy atom. The summed E-state index contributed by atoms with van der Waals surface area (Å²) in [5, 5.41) is 2.86. The average molecular weight is 259 g/mol. The van der Waals surface area contributed by atoms with Crippen molar-refractivity contribution in [3.05, 3.63) is 0 Å². The van der Waals surface area contributed by atoms with E-state index in [0.29, 0.717) is 18.8 Å². The number of halogens is 1. The fourth-order valence-electron chi connectivity index (χ4n) is 2.78. The number of hydrogen-bond donors (Lipinski definition) is 1. The Bertz CT molecular complexity index is 309. The number of fused-ring (bicyclic) bond motifs is 1. The Balaban J connectivity index is 1.91. The predicted octanol–water partition coefficient (Wildman–Crippen LogP) is 1.13. The van der Waals surface area contributed by atoms with Crippen molar-refractivity contribution < 1.29 is 9.59 Å². The third kappa shape index (κ3) is 2.73. The van der Waals surface area contributed by atoms with Crippen LogP contribution in [0.4, 0.5) is 0 Å². The molecule has 2 atom stereocenters. The molecule has 1 N–H and O–H groups in total. The topological polar surface area (TPSA) is 49.4 Å². The SMILES string of the molecule is O=C1NCC2C1CCCN2C(=O)CCCCCl. The minimum atomic E-state index is 0.0285. The summed E-state index contributed by atoms with van der Waals surface area (Å²) in [7, 11) is 0. The summed E-state index contributed by atoms with van der Waals surface area (Å²) in [5.41, 5.74) is 0. The van der Waals surface area contributed by atoms with Crippen molar-refractivity contribution in [1.82, 2.24) is 10.2 Å². The molecule has 96 valence electrons. The van der Waals surface area contributed by atoms with Crippen LogP contribution in [0.2, 0.25) is 0 Å². The minimum absolute atomic E-state index is 0.0285. The van der Waals surface area contributed by atoms with Gasteiger partial charge in [-0.2, -0.15) is 0 Å². The summed E-state index contributed by atoms with van der Waals surface area (Å²) in [5.74, 6) is 0.939. The molecule has 5 heteroatoms. The van der Waals surface area contributed by atoms with Crippen molar-refractivity contribution >= 4 is 23.4 Å². The second-order valence-corrected chi connectivity index (χ2v) is 5.17. The summed E-state index contributed by atoms with van der Waals surface area (Å²) in [6.07, 6.45) is 4.14. The summed E-state index contributed by atoms with van der Waals surface area (Å²) in [4.78, 5) is 25.5. The van der Waals surface area contributed by atoms with Crippen LogP contribution in [-0.2, 0) is 9.59 Å². The van der Waals surface area contributed by atoms with Gasteiger partial charge in [-0.1, -0.05) is 0 Å². The molecule has 0 radical (unpaired) electrons. The quantitative estimate of drug-likeness (QED) is 0.607. The molecule has 0 aromatic rings. The smallest absolute Gasteiger partial charge is 0.225 e. The van der Waals surface area contributed by atoms with Gasteiger partial charge in [0.05, 0.1) is 12.0 Å². The molecule has 0 aliphatic carbocycles. The molecule has 2 aliphatic heterocycles. The number of piperidine rings is 1. The van der Waals surface area contributed by atoms with Crippen LogP contribution in [-0.4, -0.2) is 41.7 Å². The highest BCUT2D eigenvalue weighted by Crippen LogP contribution is 2.27. The van der Waals surface area contributed by atoms with E-state index in [9.17, 15) is 9.59 Å². The number of hydrogen-bond acceptors (Lipinski definition) is 2. The summed E-state index contributed by atoms with van der Waals surface area (Å²) in [6.45, 7) is 1.43. The molecule has 2 amide bonds. The monoisotopic (exact) mass is 258 g/mol. The molecule has 2 fully saturated rings. The van der Waals surface area contributed by atoms with Gasteiger partial charge in [0.15, 0.2) is 0 Å². The van der Waals surface area contributed by atoms with Crippen LogP contribution in [0.15, 0.2) is 0 Å². The Hall–Kier alpha value is -0.770. The largest absolute Gasteiger partial charge is 0.354 e. The number of nitrogens with one attached hydrogen (secondary N) is 1. The van der Waals surface area contributed by atoms with Crippen LogP contribution in [0.3, 0.4) is 0 Å². The molecule has 0 bridgehead atoms. The zero-order valence-electron chi connectivity index (χ0n) is 9.95. The number of carbonyl (C=O) groups excluding carboxylic acids is 2. The van der Waals surface area contributed by atoms with Gasteiger partial charge in [-0.3, -0.25) is 9.59 Å². The van der Waals surface area contributed by atoms with Gasteiger partial charge >= 0.3 is 0 Å². The molecule has 2 rings (SSSR count). The van der Waals surface area contributed by atoms with Crippen LogP contribution in [0, 0.1) is 5.92 Å². The maximum atomic E-state index is 12.1. The van der Waals surface area contributed by atoms with Crippen LogP contribution in [0.25, 0.3) is 0 Å². The molecular formula is C12H19ClN2O2. The second kappa shape index (κ2) is 5.71. The highest BCUT2D eigenvalue weighted by molar-refractivity contribution is 6.17. The Morgan fingerprint density at radius 3 is 3.06 bits per heavy atom. The molecule has 17 heavy (non-hydrogen) atoms. The van der Waals surface area contributed by atoms with Gasteiger partial charge in [-0.15, -0.1) is 11.6 Å². The van der Waals surface area contributed by atoms with E-state index in [1.54, 1.807) is 0 Å². The Labute approximate surface area is 107 Å². The van der Waals surface area contributed by atoms with Crippen molar-refractivity contribution in [1.29, 1.82) is 0 Å². The first-order chi connectivity index (χ1) is 8.24. The number of rotatable bonds is 4. The number of amides is 2. The first kappa shape index (κ1) is 12.7. The summed E-state index contributed by atoms with van der Waals surface area (Å²) < 4.78 is 0. The van der Waals surface area contributed by atoms with Gasteiger partial charge in [0.1, 0.15) is 0 Å². The van der Waals surface area contributed by atoms with Crippen molar-refractivity contribution in [2.75, 3.05) is 19.0 Å². The van der Waals surface area contributed by atoms with Gasteiger partial charge in [-0.05, 0) is 25.7 Å². The molecule has 0 saturated carbocycles. The molecule has 2 aliphatic rings. The average Bonchev–Trinajstić information content (AvgIpc) is 2.71. The van der Waals surface area contributed by atoms with Crippen molar-refractivity contribution in [2.24, 2.45) is 5.92 Å². The van der Waals surface area contributed by atoms with Gasteiger partial charge in [0.25, 0.3) is 0 Å². The molecular weight excluding hydrogens is 240 g/mol. The lowest BCUT2D eigenvalue weighted by Gasteiger charge is -2.36. The van der Waals surface area contributed by atoms with Crippen LogP contribution in [0.1, 0.15) is 32.1 Å². The van der Waals surface area contributed by atoms with Gasteiger partial charge in [0, 0.05) is 25.4 Å². The second-order valence-electron chi connectivity index (χ2n) is 4.79. The van der Waals surface area contributed by atoms with Gasteiger partial charge < -0.3 is 10.2 Å². The van der Waals surface area contributed by atoms with Crippen LogP contribution >= 0.6 is 11.6 Å². The Kier molecular flexibility index (Phi) is 4.26. The summed E-state index contributed by atoms with van der Waals surface area (Å²) >= 11 is 5.60. The van der Waals surface area contributed by atoms with E-state index in [2.05, 4.69) is 5.32 Å². The zero-order valence-corrected chi connectivity index (χ0v) is 10.7. The maximum absolute atomic E-state index is 12.1. The predicted molar refractivity (Wildman–Crippen MR) is 65.8 cm³/mol. The van der Waals surface area contributed by atoms with E-state index in [1.165, 1.54) is 0 Å². The molecule has 0 spiro atoms. The summed E-state index contributed by atoms with van der Waals surface area (Å²) in [6, 6.07) is 0.0970. The molecule has 0 aromatic carbocycles. The van der Waals surface area contributed by atoms with Gasteiger partial charge in [-0.25, -0.2) is 0 Å². The third-order valence-corrected chi connectivity index (χ3v) is 3.96. The standard InChI is InChI=1S/C12H19ClN2O2/c13-6-2-1-5-11(16)15-7-3-4-9-10(15)8-14-12(9)17/h9-10H,1-8H2,(H,14,17). The van der Waals surface area contributed by atoms with Crippen molar-refractivity contribution in [3.8, 4) is 0 Å². The molecule has 4 nitrogen and oxygen atoms in total. The van der Waals surface area contributed by atoms with E-state index >= 15 is 0 Å². The highest BCUT2D eigenvalue weighted by atomic mass is 35.5. The molecule has 2 heterocycles. The maximum Gasteiger partial charge on any atom is 0.225 e. The van der Waals surface area contributed by atoms with Crippen molar-refractivity contribution in [3.63, 3.8) is 0 Å². The fourth-order valence-corrected chi connectivity index (χ4v) is 2.96. The first-order valence-electron chi connectivity index (χ1n) is 6.37. The first-order valence-corrected chi connectivity index (χ1v) is 6.90. The van der Waals surface area contributed by atoms with E-state index in [0.717, 1.165) is 32.2 Å². The van der Waals surface area contributed by atoms with Crippen LogP contribution < -0.4 is 5.32 Å². The van der Waals surface area contributed by atoms with E-state index in [-0.39, 0.29) is 23.8 Å². The van der Waals surface area contributed by atoms with E-state index < -0.39 is 0 Å². The lowest BCUT2D eigenvalue weighted by atomic mass is 9.91. The highest BCUT2D eigenvalue weighted by Gasteiger charge is 2.42. The number of carbonyl (C=O) groups is 2. The lowest BCUT2D eigenvalue weighted by molar-refractivity contribution is -0.136. The number of nitrogens with zero attached hydrogens (tertiary/aromatic N) is 1. The lowest BCUT2D eigenvalue weighted by Crippen LogP contribution is -2.48. The Morgan fingerprint density at radius 1 is 1.47 bits per heavy atom. The zero-order chi connectivity index (χ0) is 12.3. The van der Waals surface area contributed by atoms with E-state index in [1.807, 2.05) is 4.90 Å². The van der Waals surface area contributed by atoms with Crippen molar-refractivity contribution in [2.45, 2.75) is 38.1 Å². The minimum Gasteiger partial charge on any atom is -0.354 e. The normalized spacial score (nSPS) is 27.8. The molecule has 2 unspecified atom stereocenters. The number of alkyl halides is 1. The van der Waals surface area contributed by atoms with Crippen LogP contribution in [0.5, 0.6) is 0 Å².